The van der Waals surface area contributed by atoms with Gasteiger partial charge in [0.15, 0.2) is 11.3 Å². The van der Waals surface area contributed by atoms with Crippen molar-refractivity contribution in [1.29, 1.82) is 0 Å². The molecule has 28 heavy (non-hydrogen) atoms. The molecule has 3 N–H and O–H groups in total. The summed E-state index contributed by atoms with van der Waals surface area (Å²) in [5.41, 5.74) is 1.25. The van der Waals surface area contributed by atoms with Crippen LogP contribution in [0.25, 0.3) is 0 Å². The zero-order valence-electron chi connectivity index (χ0n) is 14.0. The van der Waals surface area contributed by atoms with Crippen LogP contribution in [-0.4, -0.2) is 21.2 Å². The molecule has 0 spiro atoms. The van der Waals surface area contributed by atoms with Gasteiger partial charge in [0.25, 0.3) is 0 Å². The molecule has 0 radical (unpaired) electrons. The van der Waals surface area contributed by atoms with Gasteiger partial charge in [0.05, 0.1) is 10.7 Å². The second kappa shape index (κ2) is 10.6. The Balaban J connectivity index is 1.96. The van der Waals surface area contributed by atoms with Crippen LogP contribution >= 0.6 is 70.2 Å². The molecule has 2 aromatic carbocycles. The number of rotatable bonds is 5. The van der Waals surface area contributed by atoms with Gasteiger partial charge in [-0.1, -0.05) is 88.3 Å². The highest BCUT2D eigenvalue weighted by Gasteiger charge is 2.35. The van der Waals surface area contributed by atoms with Crippen molar-refractivity contribution in [3.63, 3.8) is 0 Å². The van der Waals surface area contributed by atoms with E-state index in [-0.39, 0.29) is 11.7 Å². The van der Waals surface area contributed by atoms with Crippen molar-refractivity contribution in [1.82, 2.24) is 10.6 Å². The lowest BCUT2D eigenvalue weighted by Crippen LogP contribution is -2.56. The molecule has 2 aromatic rings. The summed E-state index contributed by atoms with van der Waals surface area (Å²) < 4.78 is 3.20. The van der Waals surface area contributed by atoms with E-state index < -0.39 is 16.1 Å². The van der Waals surface area contributed by atoms with Gasteiger partial charge in [-0.25, -0.2) is 4.79 Å². The summed E-state index contributed by atoms with van der Waals surface area (Å²) in [5.74, 6) is 0. The SMILES string of the molecule is O=C(NC(NC(=S)Nc1cc(Cl)ccc1Cl)C(Cl)(Cl)Cl)OCc1ccccc1. The Kier molecular flexibility index (Phi) is 8.74. The van der Waals surface area contributed by atoms with Crippen molar-refractivity contribution in [2.75, 3.05) is 5.32 Å². The maximum Gasteiger partial charge on any atom is 0.409 e. The smallest absolute Gasteiger partial charge is 0.409 e. The Morgan fingerprint density at radius 1 is 1.07 bits per heavy atom. The summed E-state index contributed by atoms with van der Waals surface area (Å²) >= 11 is 35.0. The van der Waals surface area contributed by atoms with E-state index in [1.54, 1.807) is 18.2 Å². The largest absolute Gasteiger partial charge is 0.445 e. The van der Waals surface area contributed by atoms with Gasteiger partial charge in [-0.2, -0.15) is 0 Å². The fraction of sp³-hybridized carbons (Fsp3) is 0.176. The Labute approximate surface area is 192 Å². The first kappa shape index (κ1) is 23.1. The third-order valence-electron chi connectivity index (χ3n) is 3.25. The molecule has 1 unspecified atom stereocenters. The molecule has 0 saturated carbocycles. The quantitative estimate of drug-likeness (QED) is 0.270. The number of hydrogen-bond acceptors (Lipinski definition) is 3. The average molecular weight is 502 g/mol. The first-order valence-corrected chi connectivity index (χ1v) is 10.0. The van der Waals surface area contributed by atoms with Crippen LogP contribution in [0, 0.1) is 0 Å². The topological polar surface area (TPSA) is 62.4 Å². The Bertz CT molecular complexity index is 833. The van der Waals surface area contributed by atoms with Crippen LogP contribution < -0.4 is 16.0 Å². The molecule has 0 fully saturated rings. The first-order valence-electron chi connectivity index (χ1n) is 7.71. The second-order valence-corrected chi connectivity index (χ2v) is 9.02. The number of alkyl carbamates (subject to hydrolysis) is 1. The van der Waals surface area contributed by atoms with Gasteiger partial charge in [0.2, 0.25) is 3.79 Å². The van der Waals surface area contributed by atoms with Crippen LogP contribution in [0.15, 0.2) is 48.5 Å². The Morgan fingerprint density at radius 2 is 1.75 bits per heavy atom. The maximum absolute atomic E-state index is 12.1. The highest BCUT2D eigenvalue weighted by Crippen LogP contribution is 2.30. The molecule has 0 bridgehead atoms. The fourth-order valence-electron chi connectivity index (χ4n) is 1.97. The van der Waals surface area contributed by atoms with E-state index in [0.29, 0.717) is 15.7 Å². The normalized spacial score (nSPS) is 12.0. The van der Waals surface area contributed by atoms with Crippen molar-refractivity contribution < 1.29 is 9.53 Å². The van der Waals surface area contributed by atoms with Crippen molar-refractivity contribution in [2.45, 2.75) is 16.6 Å². The van der Waals surface area contributed by atoms with Crippen molar-refractivity contribution in [3.8, 4) is 0 Å². The highest BCUT2D eigenvalue weighted by atomic mass is 35.6. The molecule has 0 saturated heterocycles. The standard InChI is InChI=1S/C17H14Cl5N3O2S/c18-11-6-7-12(19)13(8-11)23-15(28)24-14(17(20,21)22)25-16(26)27-9-10-4-2-1-3-5-10/h1-8,14H,9H2,(H,25,26)(H2,23,24,28). The maximum atomic E-state index is 12.1. The van der Waals surface area contributed by atoms with Gasteiger partial charge < -0.3 is 15.4 Å². The van der Waals surface area contributed by atoms with Gasteiger partial charge in [-0.05, 0) is 36.0 Å². The molecule has 2 rings (SSSR count). The number of amides is 1. The van der Waals surface area contributed by atoms with Crippen LogP contribution in [0.2, 0.25) is 10.0 Å². The number of ether oxygens (including phenoxy) is 1. The number of alkyl halides is 3. The van der Waals surface area contributed by atoms with E-state index in [1.165, 1.54) is 0 Å². The number of anilines is 1. The van der Waals surface area contributed by atoms with Crippen LogP contribution in [-0.2, 0) is 11.3 Å². The highest BCUT2D eigenvalue weighted by molar-refractivity contribution is 7.80. The minimum atomic E-state index is -1.92. The zero-order valence-corrected chi connectivity index (χ0v) is 18.6. The van der Waals surface area contributed by atoms with E-state index in [1.807, 2.05) is 30.3 Å². The molecule has 1 amide bonds. The first-order chi connectivity index (χ1) is 13.1. The average Bonchev–Trinajstić information content (AvgIpc) is 2.62. The lowest BCUT2D eigenvalue weighted by molar-refractivity contribution is 0.135. The van der Waals surface area contributed by atoms with E-state index >= 15 is 0 Å². The van der Waals surface area contributed by atoms with E-state index in [2.05, 4.69) is 16.0 Å². The summed E-state index contributed by atoms with van der Waals surface area (Å²) in [6.45, 7) is 0.0556. The second-order valence-electron chi connectivity index (χ2n) is 5.40. The molecule has 11 heteroatoms. The molecule has 0 aliphatic carbocycles. The lowest BCUT2D eigenvalue weighted by atomic mass is 10.2. The number of carbonyl (C=O) groups excluding carboxylic acids is 1. The summed E-state index contributed by atoms with van der Waals surface area (Å²) in [4.78, 5) is 12.1. The molecule has 150 valence electrons. The molecule has 1 atom stereocenters. The molecular formula is C17H14Cl5N3O2S. The number of thiocarbonyl (C=S) groups is 1. The minimum absolute atomic E-state index is 0.0452. The van der Waals surface area contributed by atoms with Crippen molar-refractivity contribution in [2.24, 2.45) is 0 Å². The molecule has 5 nitrogen and oxygen atoms in total. The number of benzene rings is 2. The predicted molar refractivity (Wildman–Crippen MR) is 120 cm³/mol. The minimum Gasteiger partial charge on any atom is -0.445 e. The van der Waals surface area contributed by atoms with Crippen LogP contribution in [0.5, 0.6) is 0 Å². The summed E-state index contributed by atoms with van der Waals surface area (Å²) in [5, 5.41) is 8.81. The molecule has 0 heterocycles. The van der Waals surface area contributed by atoms with E-state index in [4.69, 9.17) is 75.0 Å². The Morgan fingerprint density at radius 3 is 2.39 bits per heavy atom. The van der Waals surface area contributed by atoms with Crippen LogP contribution in [0.3, 0.4) is 0 Å². The number of nitrogens with one attached hydrogen (secondary N) is 3. The number of halogens is 5. The molecule has 0 aliphatic heterocycles. The summed E-state index contributed by atoms with van der Waals surface area (Å²) in [6, 6.07) is 13.9. The van der Waals surface area contributed by atoms with Crippen molar-refractivity contribution in [3.05, 3.63) is 64.1 Å². The summed E-state index contributed by atoms with van der Waals surface area (Å²) in [7, 11) is 0. The Hall–Kier alpha value is -1.15. The molecular weight excluding hydrogens is 488 g/mol. The van der Waals surface area contributed by atoms with Gasteiger partial charge >= 0.3 is 6.09 Å². The zero-order chi connectivity index (χ0) is 20.7. The summed E-state index contributed by atoms with van der Waals surface area (Å²) in [6.07, 6.45) is -1.98. The van der Waals surface area contributed by atoms with Crippen LogP contribution in [0.1, 0.15) is 5.56 Å². The van der Waals surface area contributed by atoms with E-state index in [0.717, 1.165) is 5.56 Å². The predicted octanol–water partition coefficient (Wildman–Crippen LogP) is 5.90. The molecule has 0 aliphatic rings. The van der Waals surface area contributed by atoms with Gasteiger partial charge in [-0.15, -0.1) is 0 Å². The third-order valence-corrected chi connectivity index (χ3v) is 4.69. The van der Waals surface area contributed by atoms with Gasteiger partial charge in [-0.3, -0.25) is 5.32 Å². The number of hydrogen-bond donors (Lipinski definition) is 3. The third kappa shape index (κ3) is 7.70. The van der Waals surface area contributed by atoms with Gasteiger partial charge in [0, 0.05) is 5.02 Å². The van der Waals surface area contributed by atoms with Crippen LogP contribution in [0.4, 0.5) is 10.5 Å². The number of carbonyl (C=O) groups is 1. The van der Waals surface area contributed by atoms with Gasteiger partial charge in [0.1, 0.15) is 6.61 Å². The lowest BCUT2D eigenvalue weighted by Gasteiger charge is -2.27. The van der Waals surface area contributed by atoms with E-state index in [9.17, 15) is 4.79 Å². The fourth-order valence-corrected chi connectivity index (χ4v) is 2.86. The van der Waals surface area contributed by atoms with Crippen molar-refractivity contribution >= 4 is 87.1 Å². The monoisotopic (exact) mass is 499 g/mol. The molecule has 0 aromatic heterocycles.